The molecule has 0 N–H and O–H groups in total. The quantitative estimate of drug-likeness (QED) is 0.568. The van der Waals surface area contributed by atoms with Crippen LogP contribution in [0.5, 0.6) is 0 Å². The summed E-state index contributed by atoms with van der Waals surface area (Å²) in [5.74, 6) is 0.606. The minimum absolute atomic E-state index is 0.606. The summed E-state index contributed by atoms with van der Waals surface area (Å²) >= 11 is 1.51. The SMILES string of the molecule is Cc1ccccc1-c1nn2c(-c3cnccn3)nnc2s1. The first-order valence-corrected chi connectivity index (χ1v) is 7.19. The van der Waals surface area contributed by atoms with Crippen LogP contribution in [0.1, 0.15) is 5.56 Å². The van der Waals surface area contributed by atoms with Gasteiger partial charge in [0.2, 0.25) is 10.8 Å². The molecule has 6 nitrogen and oxygen atoms in total. The van der Waals surface area contributed by atoms with Crippen molar-refractivity contribution < 1.29 is 0 Å². The van der Waals surface area contributed by atoms with Crippen molar-refractivity contribution in [3.63, 3.8) is 0 Å². The van der Waals surface area contributed by atoms with E-state index in [4.69, 9.17) is 0 Å². The topological polar surface area (TPSA) is 68.9 Å². The number of rotatable bonds is 2. The first-order valence-electron chi connectivity index (χ1n) is 6.37. The Labute approximate surface area is 124 Å². The van der Waals surface area contributed by atoms with Gasteiger partial charge in [-0.2, -0.15) is 9.61 Å². The maximum atomic E-state index is 4.62. The normalized spacial score (nSPS) is 11.1. The second-order valence-corrected chi connectivity index (χ2v) is 5.49. The Morgan fingerprint density at radius 3 is 2.81 bits per heavy atom. The zero-order chi connectivity index (χ0) is 14.2. The van der Waals surface area contributed by atoms with Crippen LogP contribution in [0.25, 0.3) is 27.1 Å². The van der Waals surface area contributed by atoms with Crippen LogP contribution in [0, 0.1) is 6.92 Å². The van der Waals surface area contributed by atoms with Crippen molar-refractivity contribution in [2.24, 2.45) is 0 Å². The zero-order valence-electron chi connectivity index (χ0n) is 11.1. The molecule has 0 amide bonds. The summed E-state index contributed by atoms with van der Waals surface area (Å²) in [7, 11) is 0. The standard InChI is InChI=1S/C14H10N6S/c1-9-4-2-3-5-10(9)13-19-20-12(17-18-14(20)21-13)11-8-15-6-7-16-11/h2-8H,1H3. The van der Waals surface area contributed by atoms with Crippen LogP contribution in [-0.2, 0) is 0 Å². The third-order valence-electron chi connectivity index (χ3n) is 3.16. The Hall–Kier alpha value is -2.67. The summed E-state index contributed by atoms with van der Waals surface area (Å²) < 4.78 is 1.72. The lowest BCUT2D eigenvalue weighted by molar-refractivity contribution is 0.957. The maximum Gasteiger partial charge on any atom is 0.235 e. The van der Waals surface area contributed by atoms with Gasteiger partial charge >= 0.3 is 0 Å². The van der Waals surface area contributed by atoms with Gasteiger partial charge in [0.05, 0.1) is 6.20 Å². The van der Waals surface area contributed by atoms with Gasteiger partial charge < -0.3 is 0 Å². The van der Waals surface area contributed by atoms with E-state index in [2.05, 4.69) is 44.3 Å². The molecule has 0 aliphatic heterocycles. The molecule has 1 aromatic carbocycles. The van der Waals surface area contributed by atoms with Crippen LogP contribution in [0.4, 0.5) is 0 Å². The maximum absolute atomic E-state index is 4.62. The van der Waals surface area contributed by atoms with Crippen molar-refractivity contribution in [1.82, 2.24) is 29.8 Å². The van der Waals surface area contributed by atoms with Gasteiger partial charge in [0.1, 0.15) is 10.7 Å². The minimum atomic E-state index is 0.606. The summed E-state index contributed by atoms with van der Waals surface area (Å²) in [6.45, 7) is 2.07. The molecule has 3 aromatic heterocycles. The molecule has 3 heterocycles. The lowest BCUT2D eigenvalue weighted by Crippen LogP contribution is -1.94. The predicted molar refractivity (Wildman–Crippen MR) is 79.9 cm³/mol. The second-order valence-electron chi connectivity index (χ2n) is 4.53. The first-order chi connectivity index (χ1) is 10.3. The highest BCUT2D eigenvalue weighted by Crippen LogP contribution is 2.29. The number of aryl methyl sites for hydroxylation is 1. The highest BCUT2D eigenvalue weighted by molar-refractivity contribution is 7.19. The molecule has 21 heavy (non-hydrogen) atoms. The van der Waals surface area contributed by atoms with E-state index in [1.807, 2.05) is 12.1 Å². The molecule has 0 saturated heterocycles. The van der Waals surface area contributed by atoms with Gasteiger partial charge in [-0.3, -0.25) is 4.98 Å². The van der Waals surface area contributed by atoms with E-state index in [1.54, 1.807) is 23.1 Å². The number of nitrogens with zero attached hydrogens (tertiary/aromatic N) is 6. The van der Waals surface area contributed by atoms with Gasteiger partial charge in [-0.25, -0.2) is 4.98 Å². The molecule has 4 rings (SSSR count). The van der Waals surface area contributed by atoms with E-state index < -0.39 is 0 Å². The van der Waals surface area contributed by atoms with Gasteiger partial charge in [-0.15, -0.1) is 10.2 Å². The van der Waals surface area contributed by atoms with Gasteiger partial charge in [0, 0.05) is 18.0 Å². The molecule has 0 spiro atoms. The number of hydrogen-bond donors (Lipinski definition) is 0. The van der Waals surface area contributed by atoms with Crippen LogP contribution < -0.4 is 0 Å². The van der Waals surface area contributed by atoms with Crippen LogP contribution in [-0.4, -0.2) is 29.8 Å². The van der Waals surface area contributed by atoms with Crippen molar-refractivity contribution in [3.05, 3.63) is 48.4 Å². The number of hydrogen-bond acceptors (Lipinski definition) is 6. The molecule has 0 atom stereocenters. The third-order valence-corrected chi connectivity index (χ3v) is 4.09. The van der Waals surface area contributed by atoms with Crippen molar-refractivity contribution in [2.75, 3.05) is 0 Å². The monoisotopic (exact) mass is 294 g/mol. The van der Waals surface area contributed by atoms with Gasteiger partial charge in [-0.1, -0.05) is 35.6 Å². The molecule has 0 aliphatic carbocycles. The molecule has 0 radical (unpaired) electrons. The molecule has 0 saturated carbocycles. The van der Waals surface area contributed by atoms with E-state index in [0.717, 1.165) is 15.5 Å². The molecular formula is C14H10N6S. The van der Waals surface area contributed by atoms with Gasteiger partial charge in [0.15, 0.2) is 0 Å². The molecule has 102 valence electrons. The average molecular weight is 294 g/mol. The Bertz CT molecular complexity index is 912. The Kier molecular flexibility index (Phi) is 2.71. The second kappa shape index (κ2) is 4.71. The number of aromatic nitrogens is 6. The Balaban J connectivity index is 1.89. The van der Waals surface area contributed by atoms with Gasteiger partial charge in [-0.05, 0) is 12.5 Å². The third kappa shape index (κ3) is 1.98. The van der Waals surface area contributed by atoms with Crippen LogP contribution in [0.2, 0.25) is 0 Å². The van der Waals surface area contributed by atoms with Crippen molar-refractivity contribution >= 4 is 16.3 Å². The van der Waals surface area contributed by atoms with Crippen molar-refractivity contribution in [1.29, 1.82) is 0 Å². The zero-order valence-corrected chi connectivity index (χ0v) is 11.9. The average Bonchev–Trinajstić information content (AvgIpc) is 3.08. The molecule has 0 aliphatic rings. The van der Waals surface area contributed by atoms with Crippen LogP contribution in [0.3, 0.4) is 0 Å². The summed E-state index contributed by atoms with van der Waals surface area (Å²) in [4.78, 5) is 9.05. The molecule has 0 fully saturated rings. The van der Waals surface area contributed by atoms with Crippen molar-refractivity contribution in [2.45, 2.75) is 6.92 Å². The fourth-order valence-electron chi connectivity index (χ4n) is 2.11. The summed E-state index contributed by atoms with van der Waals surface area (Å²) in [6, 6.07) is 8.16. The molecule has 7 heteroatoms. The number of fused-ring (bicyclic) bond motifs is 1. The fraction of sp³-hybridized carbons (Fsp3) is 0.0714. The fourth-order valence-corrected chi connectivity index (χ4v) is 3.04. The molecule has 4 aromatic rings. The van der Waals surface area contributed by atoms with Crippen LogP contribution in [0.15, 0.2) is 42.9 Å². The lowest BCUT2D eigenvalue weighted by atomic mass is 10.1. The summed E-state index contributed by atoms with van der Waals surface area (Å²) in [6.07, 6.45) is 4.91. The lowest BCUT2D eigenvalue weighted by Gasteiger charge is -1.99. The summed E-state index contributed by atoms with van der Waals surface area (Å²) in [5, 5.41) is 13.9. The Morgan fingerprint density at radius 2 is 2.00 bits per heavy atom. The van der Waals surface area contributed by atoms with Gasteiger partial charge in [0.25, 0.3) is 0 Å². The largest absolute Gasteiger partial charge is 0.261 e. The highest BCUT2D eigenvalue weighted by Gasteiger charge is 2.15. The molecule has 0 unspecified atom stereocenters. The summed E-state index contributed by atoms with van der Waals surface area (Å²) in [5.41, 5.74) is 2.95. The van der Waals surface area contributed by atoms with E-state index in [-0.39, 0.29) is 0 Å². The van der Waals surface area contributed by atoms with E-state index in [9.17, 15) is 0 Å². The smallest absolute Gasteiger partial charge is 0.235 e. The highest BCUT2D eigenvalue weighted by atomic mass is 32.1. The van der Waals surface area contributed by atoms with E-state index in [1.165, 1.54) is 16.9 Å². The predicted octanol–water partition coefficient (Wildman–Crippen LogP) is 2.62. The molecule has 0 bridgehead atoms. The van der Waals surface area contributed by atoms with E-state index >= 15 is 0 Å². The van der Waals surface area contributed by atoms with Crippen molar-refractivity contribution in [3.8, 4) is 22.1 Å². The van der Waals surface area contributed by atoms with Crippen LogP contribution >= 0.6 is 11.3 Å². The Morgan fingerprint density at radius 1 is 1.10 bits per heavy atom. The van der Waals surface area contributed by atoms with E-state index in [0.29, 0.717) is 11.5 Å². The first kappa shape index (κ1) is 12.1. The number of benzene rings is 1. The molecular weight excluding hydrogens is 284 g/mol. The minimum Gasteiger partial charge on any atom is -0.261 e.